The number of aromatic hydroxyl groups is 1. The highest BCUT2D eigenvalue weighted by Gasteiger charge is 2.26. The van der Waals surface area contributed by atoms with E-state index in [1.807, 2.05) is 80.6 Å². The summed E-state index contributed by atoms with van der Waals surface area (Å²) in [4.78, 5) is 22.7. The molecule has 1 aromatic heterocycles. The molecule has 176 valence electrons. The van der Waals surface area contributed by atoms with Crippen LogP contribution in [0.4, 0.5) is 5.69 Å². The fourth-order valence-corrected chi connectivity index (χ4v) is 4.98. The number of para-hydroxylation sites is 1. The molecule has 0 spiro atoms. The molecule has 4 aromatic rings. The van der Waals surface area contributed by atoms with Crippen molar-refractivity contribution in [2.45, 2.75) is 13.8 Å². The van der Waals surface area contributed by atoms with Crippen LogP contribution < -0.4 is 24.9 Å². The Balaban J connectivity index is 1.71. The fraction of sp³-hybridized carbons (Fsp3) is 0.148. The quantitative estimate of drug-likeness (QED) is 0.433. The second-order valence-corrected chi connectivity index (χ2v) is 8.63. The summed E-state index contributed by atoms with van der Waals surface area (Å²) in [6.45, 7) is 4.99. The topological polar surface area (TPSA) is 85.4 Å². The molecule has 0 aliphatic carbocycles. The molecule has 0 saturated heterocycles. The number of benzene rings is 3. The molecule has 0 bridgehead atoms. The van der Waals surface area contributed by atoms with Gasteiger partial charge in [0.1, 0.15) is 16.4 Å². The lowest BCUT2D eigenvalue weighted by atomic mass is 10.1. The van der Waals surface area contributed by atoms with E-state index in [0.717, 1.165) is 11.5 Å². The number of nitrogens with zero attached hydrogens (tertiary/aromatic N) is 3. The molecule has 0 radical (unpaired) electrons. The van der Waals surface area contributed by atoms with Gasteiger partial charge in [-0.15, -0.1) is 0 Å². The number of thiazole rings is 1. The molecule has 35 heavy (non-hydrogen) atoms. The van der Waals surface area contributed by atoms with Crippen molar-refractivity contribution in [3.63, 3.8) is 0 Å². The van der Waals surface area contributed by atoms with Gasteiger partial charge in [-0.05, 0) is 68.4 Å². The molecule has 3 aromatic carbocycles. The minimum Gasteiger partial charge on any atom is -0.494 e. The van der Waals surface area contributed by atoms with Gasteiger partial charge in [-0.3, -0.25) is 9.36 Å². The van der Waals surface area contributed by atoms with Crippen LogP contribution in [0.3, 0.4) is 0 Å². The Morgan fingerprint density at radius 3 is 2.20 bits per heavy atom. The Morgan fingerprint density at radius 1 is 0.914 bits per heavy atom. The number of fused-ring (bicyclic) bond motifs is 1. The van der Waals surface area contributed by atoms with Gasteiger partial charge in [-0.2, -0.15) is 0 Å². The van der Waals surface area contributed by atoms with Crippen molar-refractivity contribution in [2.24, 2.45) is 9.98 Å². The standard InChI is InChI=1S/C27H23N3O4S/c1-3-33-19-13-9-17(10-14-19)28-27-30(18-11-15-20(16-12-18)34-4-2)26(32)24(35-27)23-21-7-5-6-8-22(21)29-25(23)31/h5-16,32H,3-4H2,1-2H3. The lowest BCUT2D eigenvalue weighted by Crippen LogP contribution is -2.22. The summed E-state index contributed by atoms with van der Waals surface area (Å²) in [5.41, 5.74) is 1.75. The van der Waals surface area contributed by atoms with E-state index in [-0.39, 0.29) is 11.8 Å². The minimum absolute atomic E-state index is 0.0703. The van der Waals surface area contributed by atoms with Crippen molar-refractivity contribution in [1.82, 2.24) is 4.57 Å². The second-order valence-electron chi connectivity index (χ2n) is 7.65. The van der Waals surface area contributed by atoms with E-state index in [2.05, 4.69) is 4.99 Å². The zero-order valence-corrected chi connectivity index (χ0v) is 20.1. The van der Waals surface area contributed by atoms with Gasteiger partial charge in [0.15, 0.2) is 4.80 Å². The van der Waals surface area contributed by atoms with Crippen molar-refractivity contribution in [3.05, 3.63) is 93.1 Å². The van der Waals surface area contributed by atoms with Crippen LogP contribution in [-0.4, -0.2) is 28.8 Å². The van der Waals surface area contributed by atoms with Crippen molar-refractivity contribution in [1.29, 1.82) is 0 Å². The number of ether oxygens (including phenoxy) is 2. The lowest BCUT2D eigenvalue weighted by Gasteiger charge is -2.08. The van der Waals surface area contributed by atoms with E-state index in [9.17, 15) is 9.90 Å². The van der Waals surface area contributed by atoms with Crippen molar-refractivity contribution in [3.8, 4) is 23.1 Å². The molecule has 0 fully saturated rings. The van der Waals surface area contributed by atoms with E-state index in [4.69, 9.17) is 14.5 Å². The third-order valence-corrected chi connectivity index (χ3v) is 6.46. The van der Waals surface area contributed by atoms with Crippen LogP contribution in [0.15, 0.2) is 82.8 Å². The van der Waals surface area contributed by atoms with Gasteiger partial charge in [0.05, 0.1) is 35.5 Å². The minimum atomic E-state index is -0.380. The molecule has 1 aliphatic rings. The molecule has 1 amide bonds. The average Bonchev–Trinajstić information content (AvgIpc) is 3.36. The Bertz CT molecular complexity index is 1580. The molecule has 1 aliphatic heterocycles. The van der Waals surface area contributed by atoms with Crippen LogP contribution in [0, 0.1) is 0 Å². The van der Waals surface area contributed by atoms with Crippen LogP contribution >= 0.6 is 11.3 Å². The maximum atomic E-state index is 12.8. The van der Waals surface area contributed by atoms with E-state index >= 15 is 0 Å². The highest BCUT2D eigenvalue weighted by Crippen LogP contribution is 2.31. The van der Waals surface area contributed by atoms with Gasteiger partial charge in [0.2, 0.25) is 5.88 Å². The van der Waals surface area contributed by atoms with E-state index in [0.29, 0.717) is 50.4 Å². The first-order chi connectivity index (χ1) is 17.1. The molecule has 0 saturated carbocycles. The molecular formula is C27H23N3O4S. The molecule has 7 nitrogen and oxygen atoms in total. The predicted molar refractivity (Wildman–Crippen MR) is 134 cm³/mol. The normalized spacial score (nSPS) is 13.0. The van der Waals surface area contributed by atoms with Crippen LogP contribution in [-0.2, 0) is 4.79 Å². The summed E-state index contributed by atoms with van der Waals surface area (Å²) in [5.74, 6) is 1.03. The smallest absolute Gasteiger partial charge is 0.279 e. The number of amides is 1. The zero-order valence-electron chi connectivity index (χ0n) is 19.3. The number of carbonyl (C=O) groups excluding carboxylic acids is 1. The molecule has 0 unspecified atom stereocenters. The number of rotatable bonds is 7. The highest BCUT2D eigenvalue weighted by atomic mass is 32.1. The highest BCUT2D eigenvalue weighted by molar-refractivity contribution is 7.11. The third-order valence-electron chi connectivity index (χ3n) is 5.41. The van der Waals surface area contributed by atoms with Gasteiger partial charge in [-0.25, -0.2) is 9.98 Å². The zero-order chi connectivity index (χ0) is 24.4. The number of aromatic nitrogens is 1. The van der Waals surface area contributed by atoms with E-state index in [1.54, 1.807) is 10.6 Å². The maximum Gasteiger partial charge on any atom is 0.279 e. The summed E-state index contributed by atoms with van der Waals surface area (Å²) < 4.78 is 12.7. The van der Waals surface area contributed by atoms with Gasteiger partial charge >= 0.3 is 0 Å². The van der Waals surface area contributed by atoms with Gasteiger partial charge in [0, 0.05) is 5.22 Å². The summed E-state index contributed by atoms with van der Waals surface area (Å²) in [6.07, 6.45) is 0. The maximum absolute atomic E-state index is 12.8. The largest absolute Gasteiger partial charge is 0.494 e. The molecule has 5 rings (SSSR count). The lowest BCUT2D eigenvalue weighted by molar-refractivity contribution is -0.112. The van der Waals surface area contributed by atoms with Crippen LogP contribution in [0.5, 0.6) is 17.4 Å². The second kappa shape index (κ2) is 9.60. The van der Waals surface area contributed by atoms with Crippen molar-refractivity contribution >= 4 is 28.5 Å². The Kier molecular flexibility index (Phi) is 6.20. The number of carbonyl (C=O) groups is 1. The number of hydrogen-bond acceptors (Lipinski definition) is 6. The fourth-order valence-electron chi connectivity index (χ4n) is 3.88. The SMILES string of the molecule is CCOc1ccc(N=c2sc(C3=c4ccccc4=NC3=O)c(O)n2-c2ccc(OCC)cc2)cc1. The monoisotopic (exact) mass is 485 g/mol. The molecule has 2 heterocycles. The molecule has 1 N–H and O–H groups in total. The summed E-state index contributed by atoms with van der Waals surface area (Å²) >= 11 is 1.24. The Labute approximate surface area is 205 Å². The van der Waals surface area contributed by atoms with Crippen LogP contribution in [0.1, 0.15) is 18.7 Å². The molecule has 8 heteroatoms. The predicted octanol–water partition coefficient (Wildman–Crippen LogP) is 3.63. The molecular weight excluding hydrogens is 462 g/mol. The van der Waals surface area contributed by atoms with Crippen molar-refractivity contribution in [2.75, 3.05) is 13.2 Å². The van der Waals surface area contributed by atoms with Crippen molar-refractivity contribution < 1.29 is 19.4 Å². The average molecular weight is 486 g/mol. The van der Waals surface area contributed by atoms with E-state index in [1.165, 1.54) is 11.3 Å². The van der Waals surface area contributed by atoms with Gasteiger partial charge in [0.25, 0.3) is 5.91 Å². The Hall–Kier alpha value is -4.17. The van der Waals surface area contributed by atoms with Gasteiger partial charge in [-0.1, -0.05) is 29.5 Å². The first-order valence-electron chi connectivity index (χ1n) is 11.3. The van der Waals surface area contributed by atoms with E-state index < -0.39 is 0 Å². The van der Waals surface area contributed by atoms with Crippen LogP contribution in [0.2, 0.25) is 0 Å². The Morgan fingerprint density at radius 2 is 1.54 bits per heavy atom. The first-order valence-corrected chi connectivity index (χ1v) is 12.1. The van der Waals surface area contributed by atoms with Gasteiger partial charge < -0.3 is 14.6 Å². The molecule has 0 atom stereocenters. The summed E-state index contributed by atoms with van der Waals surface area (Å²) in [5, 5.41) is 12.7. The summed E-state index contributed by atoms with van der Waals surface area (Å²) in [7, 11) is 0. The third kappa shape index (κ3) is 4.36. The van der Waals surface area contributed by atoms with Crippen LogP contribution in [0.25, 0.3) is 11.3 Å². The first kappa shape index (κ1) is 22.6. The number of hydrogen-bond donors (Lipinski definition) is 1. The summed E-state index contributed by atoms with van der Waals surface area (Å²) in [6, 6.07) is 22.1.